The number of nitrogen functional groups attached to an aromatic ring is 1. The summed E-state index contributed by atoms with van der Waals surface area (Å²) >= 11 is 0. The summed E-state index contributed by atoms with van der Waals surface area (Å²) in [6.45, 7) is 1.49. The molecule has 1 aromatic carbocycles. The largest absolute Gasteiger partial charge is 0.496 e. The lowest BCUT2D eigenvalue weighted by atomic mass is 9.99. The van der Waals surface area contributed by atoms with Crippen LogP contribution in [0.4, 0.5) is 10.2 Å². The van der Waals surface area contributed by atoms with Crippen molar-refractivity contribution < 1.29 is 19.0 Å². The first-order chi connectivity index (χ1) is 12.9. The van der Waals surface area contributed by atoms with Gasteiger partial charge in [0.25, 0.3) is 0 Å². The molecule has 1 aromatic heterocycles. The summed E-state index contributed by atoms with van der Waals surface area (Å²) in [6, 6.07) is 5.81. The van der Waals surface area contributed by atoms with Gasteiger partial charge in [-0.05, 0) is 31.2 Å². The van der Waals surface area contributed by atoms with Crippen molar-refractivity contribution in [1.82, 2.24) is 4.98 Å². The van der Waals surface area contributed by atoms with Crippen LogP contribution in [0.2, 0.25) is 0 Å². The van der Waals surface area contributed by atoms with Gasteiger partial charge < -0.3 is 25.7 Å². The topological polar surface area (TPSA) is 114 Å². The Hall–Kier alpha value is -3.00. The molecule has 2 unspecified atom stereocenters. The fraction of sp³-hybridized carbons (Fsp3) is 0.316. The standard InChI is InChI=1S/C19H23FN4O3/c1-11(15-7-14(20)4-5-16(15)26-3)27-17-6-12(9-24-19(17)22)18(23-2)13(8-21)10-25/h4-9,11,13,21,25H,10H2,1-3H3,(H2,22,24). The summed E-state index contributed by atoms with van der Waals surface area (Å²) in [6.07, 6.45) is 2.05. The van der Waals surface area contributed by atoms with Crippen LogP contribution in [0.15, 0.2) is 35.5 Å². The highest BCUT2D eigenvalue weighted by molar-refractivity contribution is 6.09. The number of pyridine rings is 1. The predicted molar refractivity (Wildman–Crippen MR) is 102 cm³/mol. The lowest BCUT2D eigenvalue weighted by Gasteiger charge is -2.20. The van der Waals surface area contributed by atoms with Crippen LogP contribution in [0.5, 0.6) is 11.5 Å². The maximum absolute atomic E-state index is 13.6. The number of aliphatic hydroxyl groups excluding tert-OH is 1. The second-order valence-electron chi connectivity index (χ2n) is 5.82. The Labute approximate surface area is 157 Å². The maximum Gasteiger partial charge on any atom is 0.166 e. The smallest absolute Gasteiger partial charge is 0.166 e. The first kappa shape index (κ1) is 20.3. The minimum atomic E-state index is -0.562. The molecule has 0 amide bonds. The Kier molecular flexibility index (Phi) is 6.84. The highest BCUT2D eigenvalue weighted by atomic mass is 19.1. The molecule has 27 heavy (non-hydrogen) atoms. The van der Waals surface area contributed by atoms with Crippen LogP contribution >= 0.6 is 0 Å². The van der Waals surface area contributed by atoms with Crippen LogP contribution in [-0.2, 0) is 0 Å². The molecule has 2 rings (SSSR count). The van der Waals surface area contributed by atoms with Gasteiger partial charge in [-0.15, -0.1) is 0 Å². The normalized spacial score (nSPS) is 13.7. The Balaban J connectivity index is 2.37. The highest BCUT2D eigenvalue weighted by Gasteiger charge is 2.19. The monoisotopic (exact) mass is 374 g/mol. The number of hydrogen-bond donors (Lipinski definition) is 3. The molecule has 0 bridgehead atoms. The van der Waals surface area contributed by atoms with Crippen LogP contribution in [0.1, 0.15) is 24.2 Å². The van der Waals surface area contributed by atoms with Crippen molar-refractivity contribution in [3.63, 3.8) is 0 Å². The van der Waals surface area contributed by atoms with Gasteiger partial charge in [-0.2, -0.15) is 0 Å². The van der Waals surface area contributed by atoms with Crippen LogP contribution in [0.25, 0.3) is 0 Å². The lowest BCUT2D eigenvalue weighted by Crippen LogP contribution is -2.21. The molecule has 0 spiro atoms. The minimum Gasteiger partial charge on any atom is -0.496 e. The van der Waals surface area contributed by atoms with E-state index >= 15 is 0 Å². The molecule has 0 aliphatic heterocycles. The van der Waals surface area contributed by atoms with Crippen LogP contribution < -0.4 is 15.2 Å². The SMILES string of the molecule is CN=C(c1cnc(N)c(OC(C)c2cc(F)ccc2OC)c1)C(C=N)CO. The number of halogens is 1. The van der Waals surface area contributed by atoms with Gasteiger partial charge >= 0.3 is 0 Å². The summed E-state index contributed by atoms with van der Waals surface area (Å²) in [5.74, 6) is -0.0280. The van der Waals surface area contributed by atoms with Gasteiger partial charge in [-0.3, -0.25) is 4.99 Å². The van der Waals surface area contributed by atoms with E-state index in [0.29, 0.717) is 22.6 Å². The zero-order valence-electron chi connectivity index (χ0n) is 15.4. The fourth-order valence-electron chi connectivity index (χ4n) is 2.69. The maximum atomic E-state index is 13.6. The van der Waals surface area contributed by atoms with E-state index in [9.17, 15) is 9.50 Å². The summed E-state index contributed by atoms with van der Waals surface area (Å²) in [4.78, 5) is 8.26. The molecule has 0 saturated carbocycles. The molecule has 7 nitrogen and oxygen atoms in total. The number of aromatic nitrogens is 1. The number of methoxy groups -OCH3 is 1. The van der Waals surface area contributed by atoms with Crippen LogP contribution in [0.3, 0.4) is 0 Å². The van der Waals surface area contributed by atoms with Crippen molar-refractivity contribution in [2.24, 2.45) is 10.9 Å². The fourth-order valence-corrected chi connectivity index (χ4v) is 2.69. The molecule has 1 heterocycles. The molecule has 2 aromatic rings. The zero-order chi connectivity index (χ0) is 20.0. The van der Waals surface area contributed by atoms with Crippen molar-refractivity contribution >= 4 is 17.7 Å². The van der Waals surface area contributed by atoms with E-state index in [-0.39, 0.29) is 18.2 Å². The Morgan fingerprint density at radius 3 is 2.74 bits per heavy atom. The van der Waals surface area contributed by atoms with Crippen molar-refractivity contribution in [2.75, 3.05) is 26.5 Å². The van der Waals surface area contributed by atoms with Crippen molar-refractivity contribution in [3.8, 4) is 11.5 Å². The third-order valence-corrected chi connectivity index (χ3v) is 4.10. The van der Waals surface area contributed by atoms with Crippen LogP contribution in [-0.4, -0.2) is 42.8 Å². The van der Waals surface area contributed by atoms with Crippen molar-refractivity contribution in [3.05, 3.63) is 47.4 Å². The van der Waals surface area contributed by atoms with E-state index in [1.54, 1.807) is 20.0 Å². The molecule has 0 aliphatic rings. The Bertz CT molecular complexity index is 842. The summed E-state index contributed by atoms with van der Waals surface area (Å²) in [7, 11) is 3.06. The van der Waals surface area contributed by atoms with E-state index in [4.69, 9.17) is 20.6 Å². The molecule has 2 atom stereocenters. The molecule has 0 saturated heterocycles. The number of aliphatic hydroxyl groups is 1. The van der Waals surface area contributed by atoms with Crippen LogP contribution in [0, 0.1) is 17.1 Å². The number of aliphatic imine (C=N–C) groups is 1. The average molecular weight is 374 g/mol. The summed E-state index contributed by atoms with van der Waals surface area (Å²) < 4.78 is 24.8. The van der Waals surface area contributed by atoms with E-state index in [0.717, 1.165) is 6.21 Å². The van der Waals surface area contributed by atoms with Gasteiger partial charge in [0.2, 0.25) is 0 Å². The molecule has 144 valence electrons. The number of nitrogens with zero attached hydrogens (tertiary/aromatic N) is 2. The number of rotatable bonds is 8. The summed E-state index contributed by atoms with van der Waals surface area (Å²) in [5.41, 5.74) is 7.51. The summed E-state index contributed by atoms with van der Waals surface area (Å²) in [5, 5.41) is 16.9. The number of nitrogens with one attached hydrogen (secondary N) is 1. The third-order valence-electron chi connectivity index (χ3n) is 4.10. The van der Waals surface area contributed by atoms with E-state index in [1.165, 1.54) is 31.5 Å². The third kappa shape index (κ3) is 4.59. The average Bonchev–Trinajstić information content (AvgIpc) is 2.67. The second kappa shape index (κ2) is 9.09. The highest BCUT2D eigenvalue weighted by Crippen LogP contribution is 2.32. The van der Waals surface area contributed by atoms with Gasteiger partial charge in [0.05, 0.1) is 25.3 Å². The number of hydrogen-bond acceptors (Lipinski definition) is 7. The number of nitrogens with two attached hydrogens (primary N) is 1. The van der Waals surface area contributed by atoms with Gasteiger partial charge in [0, 0.05) is 30.6 Å². The van der Waals surface area contributed by atoms with E-state index in [1.807, 2.05) is 0 Å². The molecular formula is C19H23FN4O3. The molecule has 0 aliphatic carbocycles. The molecule has 0 radical (unpaired) electrons. The van der Waals surface area contributed by atoms with Gasteiger partial charge in [-0.25, -0.2) is 9.37 Å². The second-order valence-corrected chi connectivity index (χ2v) is 5.82. The lowest BCUT2D eigenvalue weighted by molar-refractivity contribution is 0.221. The first-order valence-corrected chi connectivity index (χ1v) is 8.29. The molecular weight excluding hydrogens is 351 g/mol. The quantitative estimate of drug-likeness (QED) is 0.615. The zero-order valence-corrected chi connectivity index (χ0v) is 15.4. The number of ether oxygens (including phenoxy) is 2. The number of benzene rings is 1. The molecule has 8 heteroatoms. The predicted octanol–water partition coefficient (Wildman–Crippen LogP) is 2.63. The Morgan fingerprint density at radius 2 is 2.15 bits per heavy atom. The van der Waals surface area contributed by atoms with E-state index < -0.39 is 17.8 Å². The first-order valence-electron chi connectivity index (χ1n) is 8.29. The van der Waals surface area contributed by atoms with Crippen molar-refractivity contribution in [1.29, 1.82) is 5.41 Å². The van der Waals surface area contributed by atoms with E-state index in [2.05, 4.69) is 9.98 Å². The minimum absolute atomic E-state index is 0.159. The Morgan fingerprint density at radius 1 is 1.41 bits per heavy atom. The molecule has 4 N–H and O–H groups in total. The van der Waals surface area contributed by atoms with Gasteiger partial charge in [0.1, 0.15) is 17.7 Å². The molecule has 0 fully saturated rings. The van der Waals surface area contributed by atoms with Crippen molar-refractivity contribution in [2.45, 2.75) is 13.0 Å². The van der Waals surface area contributed by atoms with Gasteiger partial charge in [-0.1, -0.05) is 0 Å². The van der Waals surface area contributed by atoms with Gasteiger partial charge in [0.15, 0.2) is 11.6 Å². The number of anilines is 1.